The number of nitrogens with one attached hydrogen (secondary N) is 1. The lowest BCUT2D eigenvalue weighted by atomic mass is 9.87. The van der Waals surface area contributed by atoms with Crippen LogP contribution in [0.15, 0.2) is 12.5 Å². The van der Waals surface area contributed by atoms with Crippen molar-refractivity contribution in [2.75, 3.05) is 6.54 Å². The van der Waals surface area contributed by atoms with E-state index in [2.05, 4.69) is 29.1 Å². The van der Waals surface area contributed by atoms with Gasteiger partial charge in [0.05, 0.1) is 0 Å². The Bertz CT molecular complexity index is 322. The zero-order valence-electron chi connectivity index (χ0n) is 9.53. The molecule has 0 aliphatic heterocycles. The first-order chi connectivity index (χ1) is 7.25. The Balaban J connectivity index is 1.94. The van der Waals surface area contributed by atoms with Crippen molar-refractivity contribution in [1.29, 1.82) is 0 Å². The van der Waals surface area contributed by atoms with E-state index in [0.717, 1.165) is 25.3 Å². The quantitative estimate of drug-likeness (QED) is 0.814. The van der Waals surface area contributed by atoms with Gasteiger partial charge in [-0.05, 0) is 37.3 Å². The molecule has 0 saturated carbocycles. The first kappa shape index (κ1) is 10.6. The van der Waals surface area contributed by atoms with Crippen LogP contribution in [0.5, 0.6) is 0 Å². The number of nitrogens with zero attached hydrogens (tertiary/aromatic N) is 2. The molecule has 1 heterocycles. The zero-order chi connectivity index (χ0) is 10.7. The number of aromatic nitrogens is 2. The molecule has 1 N–H and O–H groups in total. The Hall–Kier alpha value is -0.960. The largest absolute Gasteiger partial charge is 0.314 e. The summed E-state index contributed by atoms with van der Waals surface area (Å²) in [5.41, 5.74) is 2.60. The average molecular weight is 205 g/mol. The first-order valence-corrected chi connectivity index (χ1v) is 5.77. The highest BCUT2D eigenvalue weighted by atomic mass is 14.9. The van der Waals surface area contributed by atoms with Crippen LogP contribution in [0.2, 0.25) is 0 Å². The fourth-order valence-electron chi connectivity index (χ4n) is 2.11. The van der Waals surface area contributed by atoms with Gasteiger partial charge in [0.2, 0.25) is 0 Å². The highest BCUT2D eigenvalue weighted by Gasteiger charge is 2.19. The third-order valence-corrected chi connectivity index (χ3v) is 2.99. The van der Waals surface area contributed by atoms with Gasteiger partial charge >= 0.3 is 0 Å². The lowest BCUT2D eigenvalue weighted by molar-refractivity contribution is 0.402. The molecule has 3 heteroatoms. The Kier molecular flexibility index (Phi) is 3.31. The normalized spacial score (nSPS) is 20.3. The Morgan fingerprint density at radius 2 is 2.40 bits per heavy atom. The van der Waals surface area contributed by atoms with Crippen LogP contribution in [0, 0.1) is 5.92 Å². The first-order valence-electron chi connectivity index (χ1n) is 5.77. The minimum atomic E-state index is 0.582. The van der Waals surface area contributed by atoms with E-state index < -0.39 is 0 Å². The second-order valence-corrected chi connectivity index (χ2v) is 4.67. The summed E-state index contributed by atoms with van der Waals surface area (Å²) in [6.45, 7) is 5.51. The second-order valence-electron chi connectivity index (χ2n) is 4.67. The molecule has 82 valence electrons. The molecular weight excluding hydrogens is 186 g/mol. The van der Waals surface area contributed by atoms with E-state index in [1.54, 1.807) is 6.33 Å². The molecule has 0 spiro atoms. The molecule has 0 saturated heterocycles. The van der Waals surface area contributed by atoms with Gasteiger partial charge in [0.15, 0.2) is 0 Å². The summed E-state index contributed by atoms with van der Waals surface area (Å²) >= 11 is 0. The van der Waals surface area contributed by atoms with E-state index in [0.29, 0.717) is 6.04 Å². The van der Waals surface area contributed by atoms with Gasteiger partial charge < -0.3 is 5.32 Å². The molecule has 0 radical (unpaired) electrons. The topological polar surface area (TPSA) is 37.8 Å². The molecule has 0 aromatic carbocycles. The predicted molar refractivity (Wildman–Crippen MR) is 60.7 cm³/mol. The van der Waals surface area contributed by atoms with Crippen molar-refractivity contribution in [3.8, 4) is 0 Å². The Morgan fingerprint density at radius 1 is 1.53 bits per heavy atom. The fourth-order valence-corrected chi connectivity index (χ4v) is 2.11. The van der Waals surface area contributed by atoms with E-state index in [9.17, 15) is 0 Å². The van der Waals surface area contributed by atoms with Gasteiger partial charge in [0, 0.05) is 17.9 Å². The van der Waals surface area contributed by atoms with Crippen LogP contribution in [-0.4, -0.2) is 22.6 Å². The molecule has 15 heavy (non-hydrogen) atoms. The predicted octanol–water partition coefficient (Wildman–Crippen LogP) is 1.58. The number of fused-ring (bicyclic) bond motifs is 1. The molecule has 3 nitrogen and oxygen atoms in total. The Labute approximate surface area is 91.3 Å². The molecule has 0 amide bonds. The number of hydrogen-bond acceptors (Lipinski definition) is 3. The van der Waals surface area contributed by atoms with Gasteiger partial charge in [-0.1, -0.05) is 13.8 Å². The van der Waals surface area contributed by atoms with E-state index in [-0.39, 0.29) is 0 Å². The van der Waals surface area contributed by atoms with Crippen molar-refractivity contribution in [2.24, 2.45) is 5.92 Å². The van der Waals surface area contributed by atoms with Crippen LogP contribution >= 0.6 is 0 Å². The monoisotopic (exact) mass is 205 g/mol. The van der Waals surface area contributed by atoms with Gasteiger partial charge in [-0.2, -0.15) is 0 Å². The maximum Gasteiger partial charge on any atom is 0.115 e. The highest BCUT2D eigenvalue weighted by Crippen LogP contribution is 2.22. The van der Waals surface area contributed by atoms with Crippen molar-refractivity contribution < 1.29 is 0 Å². The Morgan fingerprint density at radius 3 is 3.20 bits per heavy atom. The molecule has 1 aliphatic carbocycles. The van der Waals surface area contributed by atoms with E-state index in [1.165, 1.54) is 17.7 Å². The van der Waals surface area contributed by atoms with Crippen LogP contribution in [0.1, 0.15) is 31.5 Å². The molecular formula is C12H19N3. The minimum Gasteiger partial charge on any atom is -0.314 e. The molecule has 0 fully saturated rings. The smallest absolute Gasteiger partial charge is 0.115 e. The molecule has 0 bridgehead atoms. The van der Waals surface area contributed by atoms with Gasteiger partial charge in [-0.25, -0.2) is 9.97 Å². The lowest BCUT2D eigenvalue weighted by Crippen LogP contribution is -2.32. The standard InChI is InChI=1S/C12H19N3/c1-9(2)14-6-10-3-4-12-11(5-10)7-13-8-15-12/h7-10,14H,3-6H2,1-2H3. The van der Waals surface area contributed by atoms with E-state index in [1.807, 2.05) is 6.20 Å². The van der Waals surface area contributed by atoms with Crippen LogP contribution in [-0.2, 0) is 12.8 Å². The number of aryl methyl sites for hydroxylation is 1. The SMILES string of the molecule is CC(C)NCC1CCc2ncncc2C1. The minimum absolute atomic E-state index is 0.582. The van der Waals surface area contributed by atoms with Gasteiger partial charge in [-0.15, -0.1) is 0 Å². The summed E-state index contributed by atoms with van der Waals surface area (Å²) in [4.78, 5) is 8.41. The lowest BCUT2D eigenvalue weighted by Gasteiger charge is -2.24. The molecule has 1 unspecified atom stereocenters. The maximum absolute atomic E-state index is 4.32. The van der Waals surface area contributed by atoms with E-state index >= 15 is 0 Å². The van der Waals surface area contributed by atoms with Crippen molar-refractivity contribution in [3.63, 3.8) is 0 Å². The molecule has 1 aromatic heterocycles. The zero-order valence-corrected chi connectivity index (χ0v) is 9.53. The van der Waals surface area contributed by atoms with Gasteiger partial charge in [0.1, 0.15) is 6.33 Å². The molecule has 2 rings (SSSR count). The number of rotatable bonds is 3. The van der Waals surface area contributed by atoms with Gasteiger partial charge in [-0.3, -0.25) is 0 Å². The second kappa shape index (κ2) is 4.71. The van der Waals surface area contributed by atoms with Gasteiger partial charge in [0.25, 0.3) is 0 Å². The third-order valence-electron chi connectivity index (χ3n) is 2.99. The third kappa shape index (κ3) is 2.75. The van der Waals surface area contributed by atoms with Crippen LogP contribution < -0.4 is 5.32 Å². The van der Waals surface area contributed by atoms with Crippen LogP contribution in [0.4, 0.5) is 0 Å². The average Bonchev–Trinajstić information content (AvgIpc) is 2.26. The van der Waals surface area contributed by atoms with Crippen molar-refractivity contribution in [2.45, 2.75) is 39.2 Å². The maximum atomic E-state index is 4.32. The molecule has 1 aliphatic rings. The summed E-state index contributed by atoms with van der Waals surface area (Å²) in [6.07, 6.45) is 7.14. The highest BCUT2D eigenvalue weighted by molar-refractivity contribution is 5.19. The summed E-state index contributed by atoms with van der Waals surface area (Å²) in [5.74, 6) is 0.755. The summed E-state index contributed by atoms with van der Waals surface area (Å²) in [7, 11) is 0. The van der Waals surface area contributed by atoms with Crippen molar-refractivity contribution in [1.82, 2.24) is 15.3 Å². The molecule has 1 atom stereocenters. The number of hydrogen-bond donors (Lipinski definition) is 1. The molecule has 1 aromatic rings. The van der Waals surface area contributed by atoms with Crippen molar-refractivity contribution >= 4 is 0 Å². The summed E-state index contributed by atoms with van der Waals surface area (Å²) in [5, 5.41) is 3.51. The van der Waals surface area contributed by atoms with Crippen molar-refractivity contribution in [3.05, 3.63) is 23.8 Å². The fraction of sp³-hybridized carbons (Fsp3) is 0.667. The summed E-state index contributed by atoms with van der Waals surface area (Å²) in [6, 6.07) is 0.582. The van der Waals surface area contributed by atoms with Crippen LogP contribution in [0.25, 0.3) is 0 Å². The van der Waals surface area contributed by atoms with E-state index in [4.69, 9.17) is 0 Å². The summed E-state index contributed by atoms with van der Waals surface area (Å²) < 4.78 is 0. The van der Waals surface area contributed by atoms with Crippen LogP contribution in [0.3, 0.4) is 0 Å².